The van der Waals surface area contributed by atoms with Crippen LogP contribution in [-0.4, -0.2) is 75.2 Å². The number of nitrogens with zero attached hydrogens (tertiary/aromatic N) is 3. The minimum atomic E-state index is -0.155. The second-order valence-electron chi connectivity index (χ2n) is 8.26. The number of hydrogen-bond donors (Lipinski definition) is 2. The summed E-state index contributed by atoms with van der Waals surface area (Å²) in [6, 6.07) is 7.01. The maximum atomic E-state index is 13.6. The van der Waals surface area contributed by atoms with E-state index in [9.17, 15) is 4.39 Å². The van der Waals surface area contributed by atoms with Crippen molar-refractivity contribution in [1.29, 1.82) is 0 Å². The summed E-state index contributed by atoms with van der Waals surface area (Å²) in [7, 11) is 2.20. The maximum Gasteiger partial charge on any atom is 0.191 e. The Labute approximate surface area is 192 Å². The molecule has 1 aromatic carbocycles. The third-order valence-electron chi connectivity index (χ3n) is 5.96. The molecule has 0 spiro atoms. The highest BCUT2D eigenvalue weighted by atomic mass is 127. The molecule has 0 aromatic heterocycles. The first-order chi connectivity index (χ1) is 13.6. The summed E-state index contributed by atoms with van der Waals surface area (Å²) in [5.41, 5.74) is 1.12. The molecule has 2 N–H and O–H groups in total. The highest BCUT2D eigenvalue weighted by Crippen LogP contribution is 2.48. The molecular weight excluding hydrogens is 480 g/mol. The van der Waals surface area contributed by atoms with Gasteiger partial charge in [-0.3, -0.25) is 4.99 Å². The van der Waals surface area contributed by atoms with Gasteiger partial charge >= 0.3 is 0 Å². The van der Waals surface area contributed by atoms with E-state index in [-0.39, 0.29) is 35.2 Å². The van der Waals surface area contributed by atoms with E-state index in [1.807, 2.05) is 6.07 Å². The van der Waals surface area contributed by atoms with Gasteiger partial charge in [-0.05, 0) is 63.9 Å². The van der Waals surface area contributed by atoms with E-state index in [0.29, 0.717) is 6.54 Å². The summed E-state index contributed by atoms with van der Waals surface area (Å²) in [4.78, 5) is 9.77. The predicted molar refractivity (Wildman–Crippen MR) is 130 cm³/mol. The second kappa shape index (κ2) is 12.1. The summed E-state index contributed by atoms with van der Waals surface area (Å²) in [6.07, 6.45) is 4.53. The van der Waals surface area contributed by atoms with Crippen LogP contribution in [0.1, 0.15) is 38.2 Å². The van der Waals surface area contributed by atoms with Crippen LogP contribution in [0, 0.1) is 5.82 Å². The van der Waals surface area contributed by atoms with Crippen molar-refractivity contribution in [2.24, 2.45) is 4.99 Å². The van der Waals surface area contributed by atoms with Crippen molar-refractivity contribution in [2.45, 2.75) is 38.0 Å². The van der Waals surface area contributed by atoms with Crippen LogP contribution in [0.15, 0.2) is 29.3 Å². The van der Waals surface area contributed by atoms with Gasteiger partial charge in [-0.1, -0.05) is 12.1 Å². The first-order valence-electron chi connectivity index (χ1n) is 10.8. The number of unbranched alkanes of at least 4 members (excludes halogenated alkanes) is 1. The van der Waals surface area contributed by atoms with Gasteiger partial charge in [-0.15, -0.1) is 24.0 Å². The Morgan fingerprint density at radius 2 is 1.90 bits per heavy atom. The molecule has 2 aliphatic rings. The summed E-state index contributed by atoms with van der Waals surface area (Å²) in [5, 5.41) is 6.81. The molecule has 7 heteroatoms. The van der Waals surface area contributed by atoms with Gasteiger partial charge in [0.1, 0.15) is 5.82 Å². The topological polar surface area (TPSA) is 42.9 Å². The maximum absolute atomic E-state index is 13.6. The largest absolute Gasteiger partial charge is 0.357 e. The number of aliphatic imine (C=N–C) groups is 1. The van der Waals surface area contributed by atoms with E-state index >= 15 is 0 Å². The van der Waals surface area contributed by atoms with Gasteiger partial charge in [0.25, 0.3) is 0 Å². The summed E-state index contributed by atoms with van der Waals surface area (Å²) >= 11 is 0. The number of halogens is 2. The highest BCUT2D eigenvalue weighted by Gasteiger charge is 2.44. The molecule has 1 saturated carbocycles. The zero-order chi connectivity index (χ0) is 19.8. The minimum Gasteiger partial charge on any atom is -0.357 e. The van der Waals surface area contributed by atoms with E-state index in [2.05, 4.69) is 34.4 Å². The average molecular weight is 517 g/mol. The van der Waals surface area contributed by atoms with Gasteiger partial charge in [0, 0.05) is 44.7 Å². The molecule has 0 unspecified atom stereocenters. The minimum absolute atomic E-state index is 0. The van der Waals surface area contributed by atoms with Gasteiger partial charge in [0.15, 0.2) is 5.96 Å². The van der Waals surface area contributed by atoms with Crippen LogP contribution >= 0.6 is 24.0 Å². The van der Waals surface area contributed by atoms with E-state index in [1.165, 1.54) is 45.2 Å². The molecule has 1 heterocycles. The Morgan fingerprint density at radius 3 is 2.55 bits per heavy atom. The Balaban J connectivity index is 0.00000300. The third kappa shape index (κ3) is 7.68. The number of benzene rings is 1. The molecule has 1 saturated heterocycles. The van der Waals surface area contributed by atoms with Gasteiger partial charge in [-0.2, -0.15) is 0 Å². The Bertz CT molecular complexity index is 642. The van der Waals surface area contributed by atoms with Gasteiger partial charge in [0.05, 0.1) is 6.54 Å². The molecule has 3 rings (SSSR count). The Hall–Kier alpha value is -0.930. The first kappa shape index (κ1) is 24.3. The average Bonchev–Trinajstić information content (AvgIpc) is 3.48. The predicted octanol–water partition coefficient (Wildman–Crippen LogP) is 3.06. The number of rotatable bonds is 9. The fourth-order valence-electron chi connectivity index (χ4n) is 3.82. The zero-order valence-electron chi connectivity index (χ0n) is 17.9. The van der Waals surface area contributed by atoms with E-state index < -0.39 is 0 Å². The molecule has 1 aliphatic carbocycles. The van der Waals surface area contributed by atoms with Crippen LogP contribution in [0.4, 0.5) is 4.39 Å². The van der Waals surface area contributed by atoms with Crippen molar-refractivity contribution in [3.05, 3.63) is 35.6 Å². The fraction of sp³-hybridized carbons (Fsp3) is 0.682. The quantitative estimate of drug-likeness (QED) is 0.229. The lowest BCUT2D eigenvalue weighted by atomic mass is 9.96. The Kier molecular flexibility index (Phi) is 10.1. The summed E-state index contributed by atoms with van der Waals surface area (Å²) < 4.78 is 13.6. The van der Waals surface area contributed by atoms with Crippen molar-refractivity contribution < 1.29 is 4.39 Å². The number of hydrogen-bond acceptors (Lipinski definition) is 3. The van der Waals surface area contributed by atoms with Crippen molar-refractivity contribution in [2.75, 3.05) is 59.4 Å². The molecular formula is C22H37FIN5. The molecule has 164 valence electrons. The molecule has 1 aromatic rings. The number of guanidine groups is 1. The second-order valence-corrected chi connectivity index (χ2v) is 8.26. The molecule has 0 amide bonds. The fourth-order valence-corrected chi connectivity index (χ4v) is 3.82. The van der Waals surface area contributed by atoms with E-state index in [0.717, 1.165) is 43.9 Å². The van der Waals surface area contributed by atoms with Gasteiger partial charge in [-0.25, -0.2) is 4.39 Å². The third-order valence-corrected chi connectivity index (χ3v) is 5.96. The lowest BCUT2D eigenvalue weighted by molar-refractivity contribution is 0.152. The molecule has 0 atom stereocenters. The molecule has 2 fully saturated rings. The first-order valence-corrected chi connectivity index (χ1v) is 10.8. The van der Waals surface area contributed by atoms with Crippen LogP contribution in [0.2, 0.25) is 0 Å². The molecule has 5 nitrogen and oxygen atoms in total. The highest BCUT2D eigenvalue weighted by molar-refractivity contribution is 14.0. The summed E-state index contributed by atoms with van der Waals surface area (Å²) in [6.45, 7) is 10.5. The van der Waals surface area contributed by atoms with Crippen molar-refractivity contribution in [1.82, 2.24) is 20.4 Å². The van der Waals surface area contributed by atoms with E-state index in [4.69, 9.17) is 4.99 Å². The normalized spacial score (nSPS) is 19.5. The monoisotopic (exact) mass is 517 g/mol. The number of piperazine rings is 1. The molecule has 0 radical (unpaired) electrons. The standard InChI is InChI=1S/C22H36FN5.HI/c1-3-24-21(25-11-4-5-12-28-15-13-27(2)14-16-28)26-18-22(9-10-22)19-7-6-8-20(23)17-19;/h6-8,17H,3-5,9-16,18H2,1-2H3,(H2,24,25,26);1H. The number of nitrogens with one attached hydrogen (secondary N) is 2. The van der Waals surface area contributed by atoms with Crippen molar-refractivity contribution >= 4 is 29.9 Å². The number of likely N-dealkylation sites (N-methyl/N-ethyl adjacent to an activating group) is 1. The van der Waals surface area contributed by atoms with Crippen LogP contribution in [0.25, 0.3) is 0 Å². The van der Waals surface area contributed by atoms with Crippen LogP contribution in [-0.2, 0) is 5.41 Å². The summed E-state index contributed by atoms with van der Waals surface area (Å²) in [5.74, 6) is 0.725. The molecule has 1 aliphatic heterocycles. The Morgan fingerprint density at radius 1 is 1.14 bits per heavy atom. The van der Waals surface area contributed by atoms with Crippen LogP contribution in [0.5, 0.6) is 0 Å². The van der Waals surface area contributed by atoms with Crippen LogP contribution < -0.4 is 10.6 Å². The SMILES string of the molecule is CCNC(=NCC1(c2cccc(F)c2)CC1)NCCCCN1CCN(C)CC1.I. The van der Waals surface area contributed by atoms with E-state index in [1.54, 1.807) is 12.1 Å². The van der Waals surface area contributed by atoms with Gasteiger partial charge < -0.3 is 20.4 Å². The van der Waals surface area contributed by atoms with Gasteiger partial charge in [0.2, 0.25) is 0 Å². The van der Waals surface area contributed by atoms with Crippen molar-refractivity contribution in [3.63, 3.8) is 0 Å². The lowest BCUT2D eigenvalue weighted by Crippen LogP contribution is -2.44. The smallest absolute Gasteiger partial charge is 0.191 e. The molecule has 29 heavy (non-hydrogen) atoms. The van der Waals surface area contributed by atoms with Crippen molar-refractivity contribution in [3.8, 4) is 0 Å². The van der Waals surface area contributed by atoms with Crippen LogP contribution in [0.3, 0.4) is 0 Å². The lowest BCUT2D eigenvalue weighted by Gasteiger charge is -2.32. The zero-order valence-corrected chi connectivity index (χ0v) is 20.3. The molecule has 0 bridgehead atoms.